The number of carbonyl (C=O) groups is 2. The van der Waals surface area contributed by atoms with E-state index in [4.69, 9.17) is 23.2 Å². The molecule has 1 aromatic heterocycles. The maximum atomic E-state index is 12.0. The molecule has 1 aliphatic rings. The topological polar surface area (TPSA) is 53.5 Å². The molecule has 5 nitrogen and oxygen atoms in total. The minimum Gasteiger partial charge on any atom is -0.333 e. The van der Waals surface area contributed by atoms with Crippen LogP contribution >= 0.6 is 23.2 Å². The number of pyridine rings is 1. The summed E-state index contributed by atoms with van der Waals surface area (Å²) in [6.07, 6.45) is 0.834. The fourth-order valence-electron chi connectivity index (χ4n) is 2.10. The van der Waals surface area contributed by atoms with Crippen molar-refractivity contribution in [3.05, 3.63) is 28.0 Å². The Hall–Kier alpha value is -1.33. The van der Waals surface area contributed by atoms with E-state index in [1.807, 2.05) is 6.92 Å². The molecule has 1 saturated heterocycles. The van der Waals surface area contributed by atoms with E-state index in [1.54, 1.807) is 17.0 Å². The van der Waals surface area contributed by atoms with Crippen LogP contribution in [0.5, 0.6) is 0 Å². The van der Waals surface area contributed by atoms with Crippen LogP contribution < -0.4 is 0 Å². The highest BCUT2D eigenvalue weighted by Gasteiger charge is 2.32. The molecule has 20 heavy (non-hydrogen) atoms. The van der Waals surface area contributed by atoms with Crippen molar-refractivity contribution in [2.75, 3.05) is 19.6 Å². The Balaban J connectivity index is 2.09. The van der Waals surface area contributed by atoms with Gasteiger partial charge in [-0.15, -0.1) is 0 Å². The van der Waals surface area contributed by atoms with E-state index in [2.05, 4.69) is 4.98 Å². The second-order valence-electron chi connectivity index (χ2n) is 4.58. The van der Waals surface area contributed by atoms with Gasteiger partial charge in [0.25, 0.3) is 0 Å². The molecule has 0 bridgehead atoms. The van der Waals surface area contributed by atoms with Crippen LogP contribution in [0, 0.1) is 0 Å². The van der Waals surface area contributed by atoms with Crippen molar-refractivity contribution in [1.29, 1.82) is 0 Å². The first-order valence-electron chi connectivity index (χ1n) is 6.42. The summed E-state index contributed by atoms with van der Waals surface area (Å²) in [5.41, 5.74) is 0.504. The standard InChI is InChI=1S/C13H15Cl2N3O2/c1-2-5-17-6-7-18(13(20)12(17)19)8-10-9(14)3-4-11(15)16-10/h3-4H,2,5-8H2,1H3. The van der Waals surface area contributed by atoms with Gasteiger partial charge in [0.2, 0.25) is 0 Å². The second kappa shape index (κ2) is 6.41. The number of aromatic nitrogens is 1. The van der Waals surface area contributed by atoms with Gasteiger partial charge in [0.15, 0.2) is 0 Å². The first-order valence-corrected chi connectivity index (χ1v) is 7.17. The molecule has 1 aromatic rings. The van der Waals surface area contributed by atoms with Crippen molar-refractivity contribution in [2.24, 2.45) is 0 Å². The van der Waals surface area contributed by atoms with Crippen LogP contribution in [0.15, 0.2) is 12.1 Å². The largest absolute Gasteiger partial charge is 0.333 e. The van der Waals surface area contributed by atoms with Crippen molar-refractivity contribution in [1.82, 2.24) is 14.8 Å². The predicted octanol–water partition coefficient (Wildman–Crippen LogP) is 1.97. The van der Waals surface area contributed by atoms with Gasteiger partial charge >= 0.3 is 11.8 Å². The molecule has 2 rings (SSSR count). The molecule has 0 saturated carbocycles. The molecule has 7 heteroatoms. The zero-order valence-electron chi connectivity index (χ0n) is 11.1. The number of hydrogen-bond acceptors (Lipinski definition) is 3. The van der Waals surface area contributed by atoms with Gasteiger partial charge < -0.3 is 9.80 Å². The minimum atomic E-state index is -0.512. The van der Waals surface area contributed by atoms with Crippen molar-refractivity contribution < 1.29 is 9.59 Å². The Kier molecular flexibility index (Phi) is 4.83. The number of rotatable bonds is 4. The third-order valence-electron chi connectivity index (χ3n) is 3.12. The van der Waals surface area contributed by atoms with Crippen molar-refractivity contribution >= 4 is 35.0 Å². The summed E-state index contributed by atoms with van der Waals surface area (Å²) < 4.78 is 0. The number of nitrogens with zero attached hydrogens (tertiary/aromatic N) is 3. The van der Waals surface area contributed by atoms with Gasteiger partial charge in [-0.1, -0.05) is 30.1 Å². The molecule has 0 aliphatic carbocycles. The molecule has 0 N–H and O–H groups in total. The molecule has 1 aliphatic heterocycles. The van der Waals surface area contributed by atoms with Crippen molar-refractivity contribution in [3.8, 4) is 0 Å². The average Bonchev–Trinajstić information content (AvgIpc) is 2.42. The van der Waals surface area contributed by atoms with Gasteiger partial charge in [-0.25, -0.2) is 4.98 Å². The fraction of sp³-hybridized carbons (Fsp3) is 0.462. The van der Waals surface area contributed by atoms with Gasteiger partial charge in [-0.3, -0.25) is 9.59 Å². The summed E-state index contributed by atoms with van der Waals surface area (Å²) in [7, 11) is 0. The second-order valence-corrected chi connectivity index (χ2v) is 5.38. The number of halogens is 2. The zero-order chi connectivity index (χ0) is 14.7. The van der Waals surface area contributed by atoms with Crippen LogP contribution in [-0.4, -0.2) is 46.2 Å². The Morgan fingerprint density at radius 3 is 2.50 bits per heavy atom. The molecule has 2 heterocycles. The highest BCUT2D eigenvalue weighted by atomic mass is 35.5. The number of carbonyl (C=O) groups excluding carboxylic acids is 2. The van der Waals surface area contributed by atoms with Gasteiger partial charge in [0, 0.05) is 19.6 Å². The van der Waals surface area contributed by atoms with Crippen LogP contribution in [0.1, 0.15) is 19.0 Å². The van der Waals surface area contributed by atoms with Gasteiger partial charge in [-0.05, 0) is 18.6 Å². The van der Waals surface area contributed by atoms with Crippen molar-refractivity contribution in [3.63, 3.8) is 0 Å². The number of hydrogen-bond donors (Lipinski definition) is 0. The summed E-state index contributed by atoms with van der Waals surface area (Å²) in [6.45, 7) is 3.80. The third kappa shape index (κ3) is 3.22. The first-order chi connectivity index (χ1) is 9.52. The van der Waals surface area contributed by atoms with E-state index in [0.717, 1.165) is 6.42 Å². The molecule has 1 fully saturated rings. The molecule has 2 amide bonds. The van der Waals surface area contributed by atoms with E-state index < -0.39 is 11.8 Å². The SMILES string of the molecule is CCCN1CCN(Cc2nc(Cl)ccc2Cl)C(=O)C1=O. The Morgan fingerprint density at radius 1 is 1.15 bits per heavy atom. The quantitative estimate of drug-likeness (QED) is 0.630. The maximum absolute atomic E-state index is 12.0. The lowest BCUT2D eigenvalue weighted by molar-refractivity contribution is -0.156. The predicted molar refractivity (Wildman–Crippen MR) is 76.5 cm³/mol. The lowest BCUT2D eigenvalue weighted by atomic mass is 10.2. The monoisotopic (exact) mass is 315 g/mol. The summed E-state index contributed by atoms with van der Waals surface area (Å²) in [6, 6.07) is 3.21. The summed E-state index contributed by atoms with van der Waals surface area (Å²) in [5, 5.41) is 0.749. The Bertz CT molecular complexity index is 536. The molecule has 0 aromatic carbocycles. The normalized spacial score (nSPS) is 15.9. The number of amides is 2. The average molecular weight is 316 g/mol. The van der Waals surface area contributed by atoms with E-state index in [1.165, 1.54) is 4.90 Å². The Morgan fingerprint density at radius 2 is 1.80 bits per heavy atom. The smallest absolute Gasteiger partial charge is 0.312 e. The number of piperazine rings is 1. The lowest BCUT2D eigenvalue weighted by Gasteiger charge is -2.33. The van der Waals surface area contributed by atoms with Gasteiger partial charge in [0.1, 0.15) is 5.15 Å². The summed E-state index contributed by atoms with van der Waals surface area (Å²) >= 11 is 11.8. The fourth-order valence-corrected chi connectivity index (χ4v) is 2.43. The first kappa shape index (κ1) is 15.1. The molecule has 0 radical (unpaired) electrons. The van der Waals surface area contributed by atoms with E-state index in [9.17, 15) is 9.59 Å². The van der Waals surface area contributed by atoms with Crippen LogP contribution in [0.3, 0.4) is 0 Å². The van der Waals surface area contributed by atoms with Crippen LogP contribution in [-0.2, 0) is 16.1 Å². The molecular weight excluding hydrogens is 301 g/mol. The third-order valence-corrected chi connectivity index (χ3v) is 3.67. The summed E-state index contributed by atoms with van der Waals surface area (Å²) in [5.74, 6) is -0.973. The molecule has 108 valence electrons. The van der Waals surface area contributed by atoms with Crippen molar-refractivity contribution in [2.45, 2.75) is 19.9 Å². The van der Waals surface area contributed by atoms with E-state index >= 15 is 0 Å². The Labute approximate surface area is 127 Å². The molecule has 0 atom stereocenters. The maximum Gasteiger partial charge on any atom is 0.312 e. The van der Waals surface area contributed by atoms with Crippen LogP contribution in [0.2, 0.25) is 10.2 Å². The molecule has 0 unspecified atom stereocenters. The van der Waals surface area contributed by atoms with Crippen LogP contribution in [0.4, 0.5) is 0 Å². The lowest BCUT2D eigenvalue weighted by Crippen LogP contribution is -2.54. The minimum absolute atomic E-state index is 0.198. The zero-order valence-corrected chi connectivity index (χ0v) is 12.6. The van der Waals surface area contributed by atoms with Gasteiger partial charge in [0.05, 0.1) is 17.3 Å². The molecular formula is C13H15Cl2N3O2. The molecule has 0 spiro atoms. The van der Waals surface area contributed by atoms with Crippen LogP contribution in [0.25, 0.3) is 0 Å². The highest BCUT2D eigenvalue weighted by Crippen LogP contribution is 2.19. The van der Waals surface area contributed by atoms with E-state index in [-0.39, 0.29) is 6.54 Å². The van der Waals surface area contributed by atoms with E-state index in [0.29, 0.717) is 35.5 Å². The van der Waals surface area contributed by atoms with Gasteiger partial charge in [-0.2, -0.15) is 0 Å². The summed E-state index contributed by atoms with van der Waals surface area (Å²) in [4.78, 5) is 31.1. The highest BCUT2D eigenvalue weighted by molar-refractivity contribution is 6.35.